The molecule has 7 nitrogen and oxygen atoms in total. The highest BCUT2D eigenvalue weighted by Gasteiger charge is 2.30. The van der Waals surface area contributed by atoms with Gasteiger partial charge in [0, 0.05) is 32.2 Å². The van der Waals surface area contributed by atoms with E-state index in [9.17, 15) is 13.2 Å². The lowest BCUT2D eigenvalue weighted by molar-refractivity contribution is 0.386. The van der Waals surface area contributed by atoms with Crippen LogP contribution in [0.1, 0.15) is 0 Å². The summed E-state index contributed by atoms with van der Waals surface area (Å²) in [5.41, 5.74) is 0.264. The van der Waals surface area contributed by atoms with Crippen molar-refractivity contribution >= 4 is 37.7 Å². The van der Waals surface area contributed by atoms with E-state index in [1.807, 2.05) is 11.4 Å². The van der Waals surface area contributed by atoms with E-state index in [1.54, 1.807) is 29.5 Å². The third-order valence-corrected chi connectivity index (χ3v) is 8.57. The van der Waals surface area contributed by atoms with Gasteiger partial charge >= 0.3 is 0 Å². The van der Waals surface area contributed by atoms with Gasteiger partial charge in [-0.2, -0.15) is 9.40 Å². The normalized spacial score (nSPS) is 16.1. The molecule has 0 atom stereocenters. The second-order valence-electron chi connectivity index (χ2n) is 5.77. The van der Waals surface area contributed by atoms with Crippen molar-refractivity contribution in [2.24, 2.45) is 0 Å². The van der Waals surface area contributed by atoms with E-state index >= 15 is 0 Å². The lowest BCUT2D eigenvalue weighted by Gasteiger charge is -2.34. The van der Waals surface area contributed by atoms with Crippen LogP contribution >= 0.6 is 22.7 Å². The van der Waals surface area contributed by atoms with Gasteiger partial charge < -0.3 is 4.90 Å². The fraction of sp³-hybridized carbons (Fsp3) is 0.250. The van der Waals surface area contributed by atoms with Crippen LogP contribution in [-0.2, 0) is 10.0 Å². The summed E-state index contributed by atoms with van der Waals surface area (Å²) >= 11 is 2.83. The van der Waals surface area contributed by atoms with E-state index in [2.05, 4.69) is 21.2 Å². The highest BCUT2D eigenvalue weighted by molar-refractivity contribution is 7.91. The lowest BCUT2D eigenvalue weighted by atomic mass is 10.3. The third-order valence-electron chi connectivity index (χ3n) is 4.16. The van der Waals surface area contributed by atoms with Gasteiger partial charge in [-0.1, -0.05) is 0 Å². The third kappa shape index (κ3) is 3.32. The van der Waals surface area contributed by atoms with Crippen LogP contribution in [0.3, 0.4) is 0 Å². The molecule has 4 heterocycles. The number of hydrogen-bond acceptors (Lipinski definition) is 7. The van der Waals surface area contributed by atoms with Crippen LogP contribution < -0.4 is 10.5 Å². The molecule has 0 amide bonds. The van der Waals surface area contributed by atoms with Gasteiger partial charge in [-0.15, -0.1) is 22.7 Å². The zero-order chi connectivity index (χ0) is 18.1. The van der Waals surface area contributed by atoms with Gasteiger partial charge in [0.25, 0.3) is 15.6 Å². The van der Waals surface area contributed by atoms with Crippen molar-refractivity contribution in [3.8, 4) is 10.6 Å². The van der Waals surface area contributed by atoms with Gasteiger partial charge in [-0.05, 0) is 35.7 Å². The van der Waals surface area contributed by atoms with Crippen LogP contribution in [0.25, 0.3) is 10.6 Å². The molecule has 0 radical (unpaired) electrons. The first-order chi connectivity index (χ1) is 12.5. The maximum absolute atomic E-state index is 12.9. The first-order valence-corrected chi connectivity index (χ1v) is 11.1. The summed E-state index contributed by atoms with van der Waals surface area (Å²) in [5, 5.41) is 9.51. The summed E-state index contributed by atoms with van der Waals surface area (Å²) in [4.78, 5) is 14.0. The van der Waals surface area contributed by atoms with Crippen molar-refractivity contribution in [1.82, 2.24) is 14.5 Å². The SMILES string of the molecule is O=c1ccc(-c2ccc(S(=O)(=O)N3CCN(c4cccs4)CC3)s2)n[nH]1. The monoisotopic (exact) mass is 408 g/mol. The summed E-state index contributed by atoms with van der Waals surface area (Å²) in [7, 11) is -3.52. The first-order valence-electron chi connectivity index (χ1n) is 7.98. The Balaban J connectivity index is 1.51. The average molecular weight is 409 g/mol. The molecule has 1 aliphatic rings. The zero-order valence-corrected chi connectivity index (χ0v) is 16.1. The number of nitrogens with one attached hydrogen (secondary N) is 1. The number of nitrogens with zero attached hydrogens (tertiary/aromatic N) is 3. The molecule has 0 bridgehead atoms. The predicted molar refractivity (Wildman–Crippen MR) is 103 cm³/mol. The van der Waals surface area contributed by atoms with Crippen molar-refractivity contribution in [2.75, 3.05) is 31.1 Å². The number of H-pyrrole nitrogens is 1. The van der Waals surface area contributed by atoms with Crippen LogP contribution in [0.4, 0.5) is 5.00 Å². The summed E-state index contributed by atoms with van der Waals surface area (Å²) in [5.74, 6) is 0. The molecular weight excluding hydrogens is 392 g/mol. The molecule has 0 unspecified atom stereocenters. The first kappa shape index (κ1) is 17.4. The smallest absolute Gasteiger partial charge is 0.264 e. The van der Waals surface area contributed by atoms with Gasteiger partial charge in [0.2, 0.25) is 0 Å². The molecule has 1 saturated heterocycles. The molecule has 0 aliphatic carbocycles. The average Bonchev–Trinajstić information content (AvgIpc) is 3.35. The van der Waals surface area contributed by atoms with E-state index in [4.69, 9.17) is 0 Å². The van der Waals surface area contributed by atoms with E-state index in [1.165, 1.54) is 26.7 Å². The van der Waals surface area contributed by atoms with Gasteiger partial charge in [-0.25, -0.2) is 13.5 Å². The minimum absolute atomic E-state index is 0.290. The molecule has 1 fully saturated rings. The van der Waals surface area contributed by atoms with Crippen molar-refractivity contribution in [2.45, 2.75) is 4.21 Å². The topological polar surface area (TPSA) is 86.4 Å². The molecule has 10 heteroatoms. The Morgan fingerprint density at radius 1 is 1.04 bits per heavy atom. The summed E-state index contributed by atoms with van der Waals surface area (Å²) in [6, 6.07) is 10.3. The van der Waals surface area contributed by atoms with Crippen molar-refractivity contribution < 1.29 is 8.42 Å². The zero-order valence-electron chi connectivity index (χ0n) is 13.7. The maximum Gasteiger partial charge on any atom is 0.264 e. The molecule has 1 aliphatic heterocycles. The number of aromatic nitrogens is 2. The number of sulfonamides is 1. The van der Waals surface area contributed by atoms with Gasteiger partial charge in [0.05, 0.1) is 9.88 Å². The van der Waals surface area contributed by atoms with E-state index in [0.29, 0.717) is 41.0 Å². The van der Waals surface area contributed by atoms with Crippen molar-refractivity contribution in [1.29, 1.82) is 0 Å². The summed E-state index contributed by atoms with van der Waals surface area (Å²) in [6.07, 6.45) is 0. The second kappa shape index (κ2) is 6.95. The number of aromatic amines is 1. The van der Waals surface area contributed by atoms with Crippen LogP contribution in [0.2, 0.25) is 0 Å². The fourth-order valence-electron chi connectivity index (χ4n) is 2.80. The molecule has 26 heavy (non-hydrogen) atoms. The number of anilines is 1. The van der Waals surface area contributed by atoms with Crippen LogP contribution in [0, 0.1) is 0 Å². The van der Waals surface area contributed by atoms with Gasteiger partial charge in [0.15, 0.2) is 0 Å². The van der Waals surface area contributed by atoms with E-state index in [-0.39, 0.29) is 5.56 Å². The maximum atomic E-state index is 12.9. The molecule has 3 aromatic heterocycles. The Morgan fingerprint density at radius 2 is 1.85 bits per heavy atom. The molecule has 4 rings (SSSR count). The summed E-state index contributed by atoms with van der Waals surface area (Å²) in [6.45, 7) is 2.29. The second-order valence-corrected chi connectivity index (χ2v) is 9.94. The summed E-state index contributed by atoms with van der Waals surface area (Å²) < 4.78 is 27.7. The number of hydrogen-bond donors (Lipinski definition) is 1. The largest absolute Gasteiger partial charge is 0.361 e. The van der Waals surface area contributed by atoms with Gasteiger partial charge in [-0.3, -0.25) is 4.79 Å². The minimum Gasteiger partial charge on any atom is -0.361 e. The standard InChI is InChI=1S/C16H16N4O3S3/c21-14-5-3-12(17-18-14)13-4-6-16(25-13)26(22,23)20-9-7-19(8-10-20)15-2-1-11-24-15/h1-6,11H,7-10H2,(H,18,21). The van der Waals surface area contributed by atoms with Crippen molar-refractivity contribution in [3.63, 3.8) is 0 Å². The molecule has 3 aromatic rings. The van der Waals surface area contributed by atoms with Crippen LogP contribution in [0.15, 0.2) is 50.8 Å². The highest BCUT2D eigenvalue weighted by Crippen LogP contribution is 2.31. The van der Waals surface area contributed by atoms with E-state index in [0.717, 1.165) is 0 Å². The lowest BCUT2D eigenvalue weighted by Crippen LogP contribution is -2.48. The highest BCUT2D eigenvalue weighted by atomic mass is 32.2. The molecule has 136 valence electrons. The molecule has 0 spiro atoms. The number of rotatable bonds is 4. The Morgan fingerprint density at radius 3 is 2.50 bits per heavy atom. The van der Waals surface area contributed by atoms with Crippen LogP contribution in [0.5, 0.6) is 0 Å². The minimum atomic E-state index is -3.52. The number of thiophene rings is 2. The van der Waals surface area contributed by atoms with E-state index < -0.39 is 10.0 Å². The molecule has 1 N–H and O–H groups in total. The van der Waals surface area contributed by atoms with Crippen molar-refractivity contribution in [3.05, 3.63) is 52.1 Å². The number of piperazine rings is 1. The Labute approximate surface area is 158 Å². The fourth-order valence-corrected chi connectivity index (χ4v) is 6.44. The Hall–Kier alpha value is -2.01. The van der Waals surface area contributed by atoms with Gasteiger partial charge in [0.1, 0.15) is 9.90 Å². The Bertz CT molecular complexity index is 1030. The quantitative estimate of drug-likeness (QED) is 0.714. The molecule has 0 saturated carbocycles. The Kier molecular flexibility index (Phi) is 4.65. The molecular formula is C16H16N4O3S3. The molecule has 0 aromatic carbocycles. The predicted octanol–water partition coefficient (Wildman–Crippen LogP) is 2.07. The van der Waals surface area contributed by atoms with Crippen LogP contribution in [-0.4, -0.2) is 49.1 Å².